The Morgan fingerprint density at radius 2 is 2.10 bits per heavy atom. The van der Waals surface area contributed by atoms with Gasteiger partial charge in [-0.15, -0.1) is 16.4 Å². The van der Waals surface area contributed by atoms with Crippen LogP contribution in [0.5, 0.6) is 5.75 Å². The molecule has 0 amide bonds. The summed E-state index contributed by atoms with van der Waals surface area (Å²) < 4.78 is 31.6. The zero-order chi connectivity index (χ0) is 14.9. The first-order valence-corrected chi connectivity index (χ1v) is 8.60. The Morgan fingerprint density at radius 1 is 1.24 bits per heavy atom. The highest BCUT2D eigenvalue weighted by molar-refractivity contribution is 9.11. The standard InChI is InChI=1S/C11H7BrN4O3S2/c12-10-4-5-11(20-10)21(17,18)19-9-3-1-2-8(6-9)16-7-13-14-15-16/h1-7H. The van der Waals surface area contributed by atoms with E-state index in [-0.39, 0.29) is 9.96 Å². The van der Waals surface area contributed by atoms with Crippen LogP contribution in [0.2, 0.25) is 0 Å². The van der Waals surface area contributed by atoms with Gasteiger partial charge in [0.05, 0.1) is 9.47 Å². The van der Waals surface area contributed by atoms with Crippen LogP contribution < -0.4 is 4.18 Å². The number of hydrogen-bond donors (Lipinski definition) is 0. The molecule has 0 aliphatic carbocycles. The third-order valence-corrected chi connectivity index (χ3v) is 5.75. The third-order valence-electron chi connectivity index (χ3n) is 2.43. The lowest BCUT2D eigenvalue weighted by atomic mass is 10.3. The van der Waals surface area contributed by atoms with Gasteiger partial charge in [-0.05, 0) is 50.6 Å². The van der Waals surface area contributed by atoms with Crippen molar-refractivity contribution in [3.05, 3.63) is 46.5 Å². The fraction of sp³-hybridized carbons (Fsp3) is 0. The van der Waals surface area contributed by atoms with Crippen molar-refractivity contribution in [2.75, 3.05) is 0 Å². The second kappa shape index (κ2) is 5.54. The van der Waals surface area contributed by atoms with E-state index in [9.17, 15) is 8.42 Å². The summed E-state index contributed by atoms with van der Waals surface area (Å²) in [4.78, 5) is 0. The van der Waals surface area contributed by atoms with E-state index in [1.165, 1.54) is 23.1 Å². The molecule has 3 aromatic rings. The van der Waals surface area contributed by atoms with E-state index < -0.39 is 10.1 Å². The van der Waals surface area contributed by atoms with Gasteiger partial charge in [-0.25, -0.2) is 4.68 Å². The lowest BCUT2D eigenvalue weighted by Gasteiger charge is -2.06. The van der Waals surface area contributed by atoms with Crippen molar-refractivity contribution in [3.63, 3.8) is 0 Å². The van der Waals surface area contributed by atoms with E-state index in [1.54, 1.807) is 24.3 Å². The highest BCUT2D eigenvalue weighted by atomic mass is 79.9. The Bertz CT molecular complexity index is 861. The van der Waals surface area contributed by atoms with Crippen LogP contribution in [0.4, 0.5) is 0 Å². The van der Waals surface area contributed by atoms with Gasteiger partial charge in [0.1, 0.15) is 12.1 Å². The molecule has 0 radical (unpaired) electrons. The first-order valence-electron chi connectivity index (χ1n) is 5.58. The summed E-state index contributed by atoms with van der Waals surface area (Å²) in [6.07, 6.45) is 1.41. The summed E-state index contributed by atoms with van der Waals surface area (Å²) in [5, 5.41) is 10.8. The summed E-state index contributed by atoms with van der Waals surface area (Å²) >= 11 is 4.30. The van der Waals surface area contributed by atoms with Crippen molar-refractivity contribution >= 4 is 37.4 Å². The molecule has 7 nitrogen and oxygen atoms in total. The molecule has 21 heavy (non-hydrogen) atoms. The maximum Gasteiger partial charge on any atom is 0.348 e. The van der Waals surface area contributed by atoms with Gasteiger partial charge in [0.15, 0.2) is 4.21 Å². The van der Waals surface area contributed by atoms with Gasteiger partial charge in [-0.1, -0.05) is 6.07 Å². The third kappa shape index (κ3) is 3.12. The molecule has 10 heteroatoms. The van der Waals surface area contributed by atoms with Crippen LogP contribution in [0.15, 0.2) is 50.7 Å². The molecule has 0 aliphatic rings. The molecule has 0 N–H and O–H groups in total. The summed E-state index contributed by atoms with van der Waals surface area (Å²) in [6.45, 7) is 0. The molecule has 2 heterocycles. The van der Waals surface area contributed by atoms with Crippen molar-refractivity contribution in [3.8, 4) is 11.4 Å². The summed E-state index contributed by atoms with van der Waals surface area (Å²) in [5.74, 6) is 0.188. The molecule has 0 aliphatic heterocycles. The molecule has 1 aromatic carbocycles. The number of rotatable bonds is 4. The molecule has 0 unspecified atom stereocenters. The van der Waals surface area contributed by atoms with Gasteiger partial charge in [-0.2, -0.15) is 8.42 Å². The number of halogens is 1. The Balaban J connectivity index is 1.90. The second-order valence-corrected chi connectivity index (χ2v) is 8.08. The maximum absolute atomic E-state index is 12.1. The minimum absolute atomic E-state index is 0.127. The molecular formula is C11H7BrN4O3S2. The molecule has 108 valence electrons. The van der Waals surface area contributed by atoms with Crippen molar-refractivity contribution in [1.82, 2.24) is 20.2 Å². The zero-order valence-electron chi connectivity index (χ0n) is 10.2. The van der Waals surface area contributed by atoms with Gasteiger partial charge in [0.25, 0.3) is 0 Å². The lowest BCUT2D eigenvalue weighted by molar-refractivity contribution is 0.488. The molecule has 2 aromatic heterocycles. The zero-order valence-corrected chi connectivity index (χ0v) is 13.5. The molecule has 0 spiro atoms. The van der Waals surface area contributed by atoms with Crippen LogP contribution in [-0.4, -0.2) is 28.6 Å². The highest BCUT2D eigenvalue weighted by Gasteiger charge is 2.19. The number of aromatic nitrogens is 4. The van der Waals surface area contributed by atoms with Crippen LogP contribution >= 0.6 is 27.3 Å². The minimum atomic E-state index is -3.85. The molecule has 3 rings (SSSR count). The lowest BCUT2D eigenvalue weighted by Crippen LogP contribution is -2.08. The van der Waals surface area contributed by atoms with Crippen molar-refractivity contribution in [2.24, 2.45) is 0 Å². The van der Waals surface area contributed by atoms with Gasteiger partial charge >= 0.3 is 10.1 Å². The Kier molecular flexibility index (Phi) is 3.74. The topological polar surface area (TPSA) is 87.0 Å². The fourth-order valence-electron chi connectivity index (χ4n) is 1.56. The Labute approximate surface area is 132 Å². The maximum atomic E-state index is 12.1. The number of thiophene rings is 1. The molecule has 0 atom stereocenters. The number of tetrazole rings is 1. The number of benzene rings is 1. The molecule has 0 saturated heterocycles. The molecular weight excluding hydrogens is 380 g/mol. The van der Waals surface area contributed by atoms with E-state index in [0.717, 1.165) is 11.3 Å². The quantitative estimate of drug-likeness (QED) is 0.639. The second-order valence-electron chi connectivity index (χ2n) is 3.85. The van der Waals surface area contributed by atoms with E-state index in [0.29, 0.717) is 9.47 Å². The number of hydrogen-bond acceptors (Lipinski definition) is 7. The first-order chi connectivity index (χ1) is 10.0. The van der Waals surface area contributed by atoms with Crippen molar-refractivity contribution in [2.45, 2.75) is 4.21 Å². The SMILES string of the molecule is O=S(=O)(Oc1cccc(-n2cnnn2)c1)c1ccc(Br)s1. The van der Waals surface area contributed by atoms with Crippen LogP contribution in [0, 0.1) is 0 Å². The van der Waals surface area contributed by atoms with Gasteiger partial charge < -0.3 is 4.18 Å². The first kappa shape index (κ1) is 14.2. The van der Waals surface area contributed by atoms with Crippen LogP contribution in [-0.2, 0) is 10.1 Å². The average molecular weight is 387 g/mol. The van der Waals surface area contributed by atoms with E-state index >= 15 is 0 Å². The average Bonchev–Trinajstić information content (AvgIpc) is 3.09. The van der Waals surface area contributed by atoms with Gasteiger partial charge in [-0.3, -0.25) is 0 Å². The monoisotopic (exact) mass is 386 g/mol. The Hall–Kier alpha value is -1.78. The van der Waals surface area contributed by atoms with Crippen molar-refractivity contribution < 1.29 is 12.6 Å². The molecule has 0 saturated carbocycles. The number of nitrogens with zero attached hydrogens (tertiary/aromatic N) is 4. The smallest absolute Gasteiger partial charge is 0.348 e. The molecule has 0 bridgehead atoms. The minimum Gasteiger partial charge on any atom is -0.378 e. The van der Waals surface area contributed by atoms with Crippen LogP contribution in [0.25, 0.3) is 5.69 Å². The van der Waals surface area contributed by atoms with Crippen LogP contribution in [0.1, 0.15) is 0 Å². The largest absolute Gasteiger partial charge is 0.378 e. The van der Waals surface area contributed by atoms with Crippen molar-refractivity contribution in [1.29, 1.82) is 0 Å². The van der Waals surface area contributed by atoms with E-state index in [2.05, 4.69) is 31.5 Å². The van der Waals surface area contributed by atoms with Gasteiger partial charge in [0, 0.05) is 6.07 Å². The van der Waals surface area contributed by atoms with E-state index in [4.69, 9.17) is 4.18 Å². The van der Waals surface area contributed by atoms with Crippen LogP contribution in [0.3, 0.4) is 0 Å². The molecule has 0 fully saturated rings. The summed E-state index contributed by atoms with van der Waals surface area (Å²) in [5.41, 5.74) is 0.597. The predicted octanol–water partition coefficient (Wildman–Crippen LogP) is 2.25. The summed E-state index contributed by atoms with van der Waals surface area (Å²) in [7, 11) is -3.85. The summed E-state index contributed by atoms with van der Waals surface area (Å²) in [6, 6.07) is 9.61. The normalized spacial score (nSPS) is 11.5. The predicted molar refractivity (Wildman–Crippen MR) is 79.0 cm³/mol. The highest BCUT2D eigenvalue weighted by Crippen LogP contribution is 2.28. The van der Waals surface area contributed by atoms with E-state index in [1.807, 2.05) is 0 Å². The van der Waals surface area contributed by atoms with Gasteiger partial charge in [0.2, 0.25) is 0 Å². The Morgan fingerprint density at radius 3 is 2.76 bits per heavy atom. The fourth-order valence-corrected chi connectivity index (χ4v) is 4.45.